The number of hydrogen-bond donors (Lipinski definition) is 1. The van der Waals surface area contributed by atoms with E-state index in [1.165, 1.54) is 19.1 Å². The fraction of sp³-hybridized carbons (Fsp3) is 0.417. The van der Waals surface area contributed by atoms with Gasteiger partial charge in [-0.25, -0.2) is 0 Å². The second kappa shape index (κ2) is 5.86. The van der Waals surface area contributed by atoms with Crippen LogP contribution in [0, 0.1) is 0 Å². The molecule has 18 heavy (non-hydrogen) atoms. The van der Waals surface area contributed by atoms with Crippen molar-refractivity contribution in [1.29, 1.82) is 0 Å². The summed E-state index contributed by atoms with van der Waals surface area (Å²) in [7, 11) is 0. The van der Waals surface area contributed by atoms with Gasteiger partial charge < -0.3 is 10.5 Å². The largest absolute Gasteiger partial charge is 0.427 e. The van der Waals surface area contributed by atoms with Crippen molar-refractivity contribution in [3.63, 3.8) is 0 Å². The highest BCUT2D eigenvalue weighted by atomic mass is 19.4. The number of esters is 1. The molecule has 0 radical (unpaired) electrons. The van der Waals surface area contributed by atoms with Crippen LogP contribution in [0.4, 0.5) is 13.2 Å². The molecule has 6 heteroatoms. The Bertz CT molecular complexity index is 401. The van der Waals surface area contributed by atoms with E-state index in [1.807, 2.05) is 0 Å². The minimum Gasteiger partial charge on any atom is -0.427 e. The molecule has 0 spiro atoms. The van der Waals surface area contributed by atoms with E-state index in [1.54, 1.807) is 12.1 Å². The van der Waals surface area contributed by atoms with E-state index in [0.717, 1.165) is 0 Å². The van der Waals surface area contributed by atoms with Gasteiger partial charge in [0.25, 0.3) is 0 Å². The fourth-order valence-electron chi connectivity index (χ4n) is 1.43. The molecule has 0 heterocycles. The van der Waals surface area contributed by atoms with Crippen molar-refractivity contribution in [2.75, 3.05) is 0 Å². The van der Waals surface area contributed by atoms with Gasteiger partial charge in [-0.05, 0) is 24.1 Å². The van der Waals surface area contributed by atoms with Gasteiger partial charge in [-0.2, -0.15) is 13.2 Å². The van der Waals surface area contributed by atoms with Gasteiger partial charge in [-0.1, -0.05) is 12.1 Å². The highest BCUT2D eigenvalue weighted by Crippen LogP contribution is 2.27. The number of carbonyl (C=O) groups is 1. The molecule has 0 bridgehead atoms. The van der Waals surface area contributed by atoms with E-state index in [2.05, 4.69) is 0 Å². The molecule has 0 aliphatic carbocycles. The van der Waals surface area contributed by atoms with E-state index >= 15 is 0 Å². The quantitative estimate of drug-likeness (QED) is 0.669. The number of hydrogen-bond acceptors (Lipinski definition) is 3. The lowest BCUT2D eigenvalue weighted by atomic mass is 10.0. The van der Waals surface area contributed by atoms with E-state index in [9.17, 15) is 18.0 Å². The van der Waals surface area contributed by atoms with E-state index in [-0.39, 0.29) is 6.42 Å². The first kappa shape index (κ1) is 14.5. The van der Waals surface area contributed by atoms with Crippen molar-refractivity contribution in [1.82, 2.24) is 0 Å². The third-order valence-corrected chi connectivity index (χ3v) is 2.31. The summed E-state index contributed by atoms with van der Waals surface area (Å²) in [5.41, 5.74) is 6.22. The zero-order valence-corrected chi connectivity index (χ0v) is 9.83. The lowest BCUT2D eigenvalue weighted by Crippen LogP contribution is -2.15. The number of benzene rings is 1. The summed E-state index contributed by atoms with van der Waals surface area (Å²) in [6, 6.07) is 5.44. The molecule has 3 nitrogen and oxygen atoms in total. The maximum Gasteiger partial charge on any atom is 0.389 e. The van der Waals surface area contributed by atoms with Crippen LogP contribution in [0.25, 0.3) is 0 Å². The van der Waals surface area contributed by atoms with Gasteiger partial charge in [0.1, 0.15) is 5.75 Å². The molecule has 1 aromatic carbocycles. The predicted octanol–water partition coefficient (Wildman–Crippen LogP) is 2.95. The van der Waals surface area contributed by atoms with Crippen molar-refractivity contribution >= 4 is 5.97 Å². The minimum atomic E-state index is -4.20. The number of nitrogens with two attached hydrogens (primary N) is 1. The molecule has 2 N–H and O–H groups in total. The van der Waals surface area contributed by atoms with Crippen LogP contribution in [0.3, 0.4) is 0 Å². The van der Waals surface area contributed by atoms with Crippen LogP contribution in [0.1, 0.15) is 31.4 Å². The molecule has 0 aliphatic heterocycles. The monoisotopic (exact) mass is 261 g/mol. The van der Waals surface area contributed by atoms with Gasteiger partial charge in [0.05, 0.1) is 0 Å². The second-order valence-corrected chi connectivity index (χ2v) is 3.92. The molecule has 0 unspecified atom stereocenters. The van der Waals surface area contributed by atoms with Crippen LogP contribution < -0.4 is 10.5 Å². The molecule has 0 amide bonds. The number of ether oxygens (including phenoxy) is 1. The molecule has 100 valence electrons. The van der Waals surface area contributed by atoms with E-state index < -0.39 is 24.6 Å². The first-order valence-electron chi connectivity index (χ1n) is 5.38. The van der Waals surface area contributed by atoms with Gasteiger partial charge >= 0.3 is 12.1 Å². The van der Waals surface area contributed by atoms with Crippen molar-refractivity contribution in [2.24, 2.45) is 5.73 Å². The van der Waals surface area contributed by atoms with Crippen LogP contribution in [-0.2, 0) is 4.79 Å². The van der Waals surface area contributed by atoms with Gasteiger partial charge in [0.2, 0.25) is 0 Å². The molecule has 0 aromatic heterocycles. The first-order valence-corrected chi connectivity index (χ1v) is 5.38. The maximum atomic E-state index is 12.0. The first-order chi connectivity index (χ1) is 8.28. The zero-order chi connectivity index (χ0) is 13.8. The van der Waals surface area contributed by atoms with Gasteiger partial charge in [0.15, 0.2) is 0 Å². The molecule has 1 aromatic rings. The molecular weight excluding hydrogens is 247 g/mol. The highest BCUT2D eigenvalue weighted by molar-refractivity contribution is 5.69. The molecule has 0 saturated heterocycles. The Kier molecular flexibility index (Phi) is 4.72. The van der Waals surface area contributed by atoms with Gasteiger partial charge in [-0.3, -0.25) is 4.79 Å². The Balaban J connectivity index is 2.59. The van der Waals surface area contributed by atoms with E-state index in [0.29, 0.717) is 11.3 Å². The summed E-state index contributed by atoms with van der Waals surface area (Å²) < 4.78 is 40.9. The summed E-state index contributed by atoms with van der Waals surface area (Å²) in [4.78, 5) is 10.7. The minimum absolute atomic E-state index is 0.170. The van der Waals surface area contributed by atoms with Gasteiger partial charge in [-0.15, -0.1) is 0 Å². The van der Waals surface area contributed by atoms with Crippen LogP contribution in [0.5, 0.6) is 5.75 Å². The summed E-state index contributed by atoms with van der Waals surface area (Å²) >= 11 is 0. The molecule has 1 atom stereocenters. The maximum absolute atomic E-state index is 12.0. The van der Waals surface area contributed by atoms with Crippen molar-refractivity contribution in [3.8, 4) is 5.75 Å². The number of carbonyl (C=O) groups excluding carboxylic acids is 1. The average Bonchev–Trinajstić information content (AvgIpc) is 2.25. The Morgan fingerprint density at radius 3 is 2.33 bits per heavy atom. The van der Waals surface area contributed by atoms with Gasteiger partial charge in [0, 0.05) is 19.4 Å². The molecule has 0 saturated carbocycles. The molecule has 1 rings (SSSR count). The second-order valence-electron chi connectivity index (χ2n) is 3.92. The van der Waals surface area contributed by atoms with Crippen LogP contribution in [-0.4, -0.2) is 12.1 Å². The third kappa shape index (κ3) is 5.18. The summed E-state index contributed by atoms with van der Waals surface area (Å²) in [6.45, 7) is 1.27. The lowest BCUT2D eigenvalue weighted by molar-refractivity contribution is -0.136. The topological polar surface area (TPSA) is 52.3 Å². The van der Waals surface area contributed by atoms with Crippen LogP contribution in [0.15, 0.2) is 24.3 Å². The Morgan fingerprint density at radius 1 is 1.33 bits per heavy atom. The third-order valence-electron chi connectivity index (χ3n) is 2.31. The molecule has 0 aliphatic rings. The average molecular weight is 261 g/mol. The number of halogens is 3. The summed E-state index contributed by atoms with van der Waals surface area (Å²) in [5, 5.41) is 0. The Morgan fingerprint density at radius 2 is 1.89 bits per heavy atom. The standard InChI is InChI=1S/C12H14F3NO2/c1-8(17)18-10-4-2-9(3-5-10)11(16)6-7-12(13,14)15/h2-5,11H,6-7,16H2,1H3/t11-/m0/s1. The van der Waals surface area contributed by atoms with Crippen molar-refractivity contribution < 1.29 is 22.7 Å². The van der Waals surface area contributed by atoms with Crippen LogP contribution in [0.2, 0.25) is 0 Å². The number of rotatable bonds is 4. The van der Waals surface area contributed by atoms with Crippen molar-refractivity contribution in [2.45, 2.75) is 32.0 Å². The zero-order valence-electron chi connectivity index (χ0n) is 9.83. The predicted molar refractivity (Wildman–Crippen MR) is 60.0 cm³/mol. The lowest BCUT2D eigenvalue weighted by Gasteiger charge is -2.13. The van der Waals surface area contributed by atoms with Crippen LogP contribution >= 0.6 is 0 Å². The fourth-order valence-corrected chi connectivity index (χ4v) is 1.43. The van der Waals surface area contributed by atoms with E-state index in [4.69, 9.17) is 10.5 Å². The Labute approximate surface area is 103 Å². The van der Waals surface area contributed by atoms with Crippen molar-refractivity contribution in [3.05, 3.63) is 29.8 Å². The summed E-state index contributed by atoms with van der Waals surface area (Å²) in [6.07, 6.45) is -5.29. The molecular formula is C12H14F3NO2. The normalized spacial score (nSPS) is 13.2. The highest BCUT2D eigenvalue weighted by Gasteiger charge is 2.27. The smallest absolute Gasteiger partial charge is 0.389 e. The SMILES string of the molecule is CC(=O)Oc1ccc([C@@H](N)CCC(F)(F)F)cc1. The summed E-state index contributed by atoms with van der Waals surface area (Å²) in [5.74, 6) is -0.113. The Hall–Kier alpha value is -1.56. The molecule has 0 fully saturated rings. The number of alkyl halides is 3.